The van der Waals surface area contributed by atoms with Crippen LogP contribution >= 0.6 is 11.8 Å². The van der Waals surface area contributed by atoms with Gasteiger partial charge in [0.2, 0.25) is 0 Å². The Balaban J connectivity index is 1.85. The number of ether oxygens (including phenoxy) is 2. The number of allylic oxidation sites excluding steroid dienone is 1. The van der Waals surface area contributed by atoms with Crippen LogP contribution in [0.15, 0.2) is 84.4 Å². The first-order chi connectivity index (χ1) is 18.7. The molecular weight excluding hydrogens is 504 g/mol. The number of pyridine rings is 1. The highest BCUT2D eigenvalue weighted by molar-refractivity contribution is 8.00. The van der Waals surface area contributed by atoms with E-state index in [9.17, 15) is 4.79 Å². The Bertz CT molecular complexity index is 1420. The lowest BCUT2D eigenvalue weighted by atomic mass is 9.95. The zero-order chi connectivity index (χ0) is 28.0. The maximum absolute atomic E-state index is 13.5. The SMILES string of the molecule is C=CCn1c(C(Cc2ccccc2)C(=O)OCC)c(SC(C)(C)C)c2cc(OCc3ccc(C)cn3)ccc21. The number of nitrogens with zero attached hydrogens (tertiary/aromatic N) is 2. The van der Waals surface area contributed by atoms with E-state index in [0.717, 1.165) is 44.1 Å². The maximum atomic E-state index is 13.5. The Kier molecular flexibility index (Phi) is 9.18. The molecule has 0 aliphatic rings. The van der Waals surface area contributed by atoms with Gasteiger partial charge in [-0.1, -0.05) is 63.2 Å². The van der Waals surface area contributed by atoms with Gasteiger partial charge < -0.3 is 14.0 Å². The fourth-order valence-electron chi connectivity index (χ4n) is 4.62. The van der Waals surface area contributed by atoms with Crippen LogP contribution < -0.4 is 4.74 Å². The molecule has 0 radical (unpaired) electrons. The van der Waals surface area contributed by atoms with Gasteiger partial charge in [-0.25, -0.2) is 0 Å². The molecule has 4 aromatic rings. The number of hydrogen-bond donors (Lipinski definition) is 0. The van der Waals surface area contributed by atoms with Gasteiger partial charge in [-0.3, -0.25) is 9.78 Å². The molecule has 0 fully saturated rings. The molecule has 1 atom stereocenters. The van der Waals surface area contributed by atoms with E-state index in [-0.39, 0.29) is 10.7 Å². The Labute approximate surface area is 236 Å². The molecule has 2 aromatic heterocycles. The average Bonchev–Trinajstić information content (AvgIpc) is 3.18. The number of benzene rings is 2. The molecule has 0 saturated carbocycles. The summed E-state index contributed by atoms with van der Waals surface area (Å²) in [5, 5.41) is 1.06. The number of aryl methyl sites for hydroxylation is 1. The Hall–Kier alpha value is -3.51. The third kappa shape index (κ3) is 7.12. The van der Waals surface area contributed by atoms with Crippen LogP contribution in [0.4, 0.5) is 0 Å². The summed E-state index contributed by atoms with van der Waals surface area (Å²) in [6.45, 7) is 15.8. The van der Waals surface area contributed by atoms with E-state index in [0.29, 0.717) is 26.2 Å². The van der Waals surface area contributed by atoms with Crippen LogP contribution in [0.5, 0.6) is 5.75 Å². The largest absolute Gasteiger partial charge is 0.487 e. The molecule has 5 nitrogen and oxygen atoms in total. The molecule has 1 unspecified atom stereocenters. The van der Waals surface area contributed by atoms with E-state index in [1.165, 1.54) is 0 Å². The van der Waals surface area contributed by atoms with Crippen molar-refractivity contribution in [2.24, 2.45) is 0 Å². The minimum Gasteiger partial charge on any atom is -0.487 e. The van der Waals surface area contributed by atoms with Crippen molar-refractivity contribution in [2.75, 3.05) is 6.61 Å². The van der Waals surface area contributed by atoms with E-state index in [1.807, 2.05) is 62.5 Å². The van der Waals surface area contributed by atoms with Gasteiger partial charge >= 0.3 is 5.97 Å². The van der Waals surface area contributed by atoms with E-state index in [1.54, 1.807) is 11.8 Å². The lowest BCUT2D eigenvalue weighted by Crippen LogP contribution is -2.22. The van der Waals surface area contributed by atoms with E-state index < -0.39 is 5.92 Å². The number of aromatic nitrogens is 2. The van der Waals surface area contributed by atoms with Gasteiger partial charge in [0.1, 0.15) is 18.3 Å². The average molecular weight is 543 g/mol. The number of thioether (sulfide) groups is 1. The minimum atomic E-state index is -0.467. The molecule has 0 aliphatic heterocycles. The summed E-state index contributed by atoms with van der Waals surface area (Å²) in [6.07, 6.45) is 4.28. The molecule has 0 N–H and O–H groups in total. The molecule has 2 heterocycles. The van der Waals surface area contributed by atoms with Gasteiger partial charge in [0, 0.05) is 39.0 Å². The molecule has 0 saturated heterocycles. The summed E-state index contributed by atoms with van der Waals surface area (Å²) in [6, 6.07) is 20.3. The number of carbonyl (C=O) groups excluding carboxylic acids is 1. The topological polar surface area (TPSA) is 53.4 Å². The standard InChI is InChI=1S/C33H38N2O3S/c1-7-18-35-29-17-16-26(38-22-25-15-14-23(3)21-34-25)20-27(29)31(39-33(4,5)6)30(35)28(32(36)37-8-2)19-24-12-10-9-11-13-24/h7,9-17,20-21,28H,1,8,18-19,22H2,2-6H3. The van der Waals surface area contributed by atoms with Gasteiger partial charge in [-0.15, -0.1) is 18.3 Å². The molecule has 39 heavy (non-hydrogen) atoms. The first-order valence-corrected chi connectivity index (χ1v) is 14.2. The van der Waals surface area contributed by atoms with Crippen molar-refractivity contribution in [1.29, 1.82) is 0 Å². The molecule has 6 heteroatoms. The van der Waals surface area contributed by atoms with Crippen LogP contribution in [-0.4, -0.2) is 26.9 Å². The monoisotopic (exact) mass is 542 g/mol. The van der Waals surface area contributed by atoms with E-state index in [4.69, 9.17) is 9.47 Å². The summed E-state index contributed by atoms with van der Waals surface area (Å²) >= 11 is 1.77. The predicted octanol–water partition coefficient (Wildman–Crippen LogP) is 7.89. The Morgan fingerprint density at radius 2 is 1.90 bits per heavy atom. The number of rotatable bonds is 11. The highest BCUT2D eigenvalue weighted by Gasteiger charge is 2.33. The summed E-state index contributed by atoms with van der Waals surface area (Å²) in [5.41, 5.74) is 5.09. The lowest BCUT2D eigenvalue weighted by Gasteiger charge is -2.23. The fourth-order valence-corrected chi connectivity index (χ4v) is 5.87. The predicted molar refractivity (Wildman–Crippen MR) is 161 cm³/mol. The van der Waals surface area contributed by atoms with Crippen LogP contribution in [-0.2, 0) is 29.1 Å². The number of carbonyl (C=O) groups is 1. The minimum absolute atomic E-state index is 0.0866. The molecule has 4 rings (SSSR count). The molecule has 0 amide bonds. The highest BCUT2D eigenvalue weighted by Crippen LogP contribution is 2.45. The van der Waals surface area contributed by atoms with Crippen LogP contribution in [0.1, 0.15) is 56.1 Å². The first kappa shape index (κ1) is 28.5. The maximum Gasteiger partial charge on any atom is 0.315 e. The molecule has 2 aromatic carbocycles. The highest BCUT2D eigenvalue weighted by atomic mass is 32.2. The van der Waals surface area contributed by atoms with Gasteiger partial charge in [0.05, 0.1) is 12.3 Å². The van der Waals surface area contributed by atoms with E-state index in [2.05, 4.69) is 61.2 Å². The summed E-state index contributed by atoms with van der Waals surface area (Å²) in [4.78, 5) is 19.1. The summed E-state index contributed by atoms with van der Waals surface area (Å²) in [7, 11) is 0. The smallest absolute Gasteiger partial charge is 0.315 e. The van der Waals surface area contributed by atoms with Crippen molar-refractivity contribution in [3.8, 4) is 5.75 Å². The normalized spacial score (nSPS) is 12.3. The zero-order valence-electron chi connectivity index (χ0n) is 23.6. The second-order valence-corrected chi connectivity index (χ2v) is 12.5. The third-order valence-corrected chi connectivity index (χ3v) is 7.54. The van der Waals surface area contributed by atoms with Crippen molar-refractivity contribution in [2.45, 2.75) is 69.8 Å². The molecular formula is C33H38N2O3S. The molecule has 0 spiro atoms. The Morgan fingerprint density at radius 3 is 2.54 bits per heavy atom. The van der Waals surface area contributed by atoms with Gasteiger partial charge in [-0.05, 0) is 55.7 Å². The second kappa shape index (κ2) is 12.6. The van der Waals surface area contributed by atoms with Crippen LogP contribution in [0.3, 0.4) is 0 Å². The lowest BCUT2D eigenvalue weighted by molar-refractivity contribution is -0.145. The van der Waals surface area contributed by atoms with Crippen molar-refractivity contribution in [3.05, 3.63) is 102 Å². The van der Waals surface area contributed by atoms with Crippen LogP contribution in [0.25, 0.3) is 10.9 Å². The second-order valence-electron chi connectivity index (χ2n) is 10.6. The zero-order valence-corrected chi connectivity index (χ0v) is 24.4. The number of fused-ring (bicyclic) bond motifs is 1. The van der Waals surface area contributed by atoms with Gasteiger partial charge in [-0.2, -0.15) is 0 Å². The summed E-state index contributed by atoms with van der Waals surface area (Å²) < 4.78 is 14.0. The van der Waals surface area contributed by atoms with E-state index >= 15 is 0 Å². The Morgan fingerprint density at radius 1 is 1.13 bits per heavy atom. The van der Waals surface area contributed by atoms with Crippen molar-refractivity contribution in [1.82, 2.24) is 9.55 Å². The third-order valence-electron chi connectivity index (χ3n) is 6.29. The van der Waals surface area contributed by atoms with Gasteiger partial charge in [0.15, 0.2) is 0 Å². The van der Waals surface area contributed by atoms with Crippen LogP contribution in [0, 0.1) is 6.92 Å². The van der Waals surface area contributed by atoms with Crippen molar-refractivity contribution in [3.63, 3.8) is 0 Å². The number of hydrogen-bond acceptors (Lipinski definition) is 5. The molecule has 0 bridgehead atoms. The van der Waals surface area contributed by atoms with Crippen molar-refractivity contribution < 1.29 is 14.3 Å². The van der Waals surface area contributed by atoms with Crippen molar-refractivity contribution >= 4 is 28.6 Å². The quantitative estimate of drug-likeness (QED) is 0.110. The molecule has 204 valence electrons. The van der Waals surface area contributed by atoms with Crippen LogP contribution in [0.2, 0.25) is 0 Å². The van der Waals surface area contributed by atoms with Gasteiger partial charge in [0.25, 0.3) is 0 Å². The summed E-state index contributed by atoms with van der Waals surface area (Å²) in [5.74, 6) is 0.0801. The first-order valence-electron chi connectivity index (χ1n) is 13.4. The number of esters is 1. The fraction of sp³-hybridized carbons (Fsp3) is 0.333. The molecule has 0 aliphatic carbocycles.